The number of hydrogen-bond donors (Lipinski definition) is 1. The number of aryl methyl sites for hydroxylation is 1. The van der Waals surface area contributed by atoms with Gasteiger partial charge in [0.25, 0.3) is 11.8 Å². The molecule has 1 aromatic heterocycles. The summed E-state index contributed by atoms with van der Waals surface area (Å²) in [7, 11) is 0. The highest BCUT2D eigenvalue weighted by atomic mass is 19.3. The predicted molar refractivity (Wildman–Crippen MR) is 142 cm³/mol. The SMILES string of the molecule is C[C@]12Cc3cnn(-c4ccc(F)cc4)c3C=C1CC[C@@]2(O)CCc1cccc(F)c1C(=O)N1CCCC(F)(F)C1. The zero-order valence-corrected chi connectivity index (χ0v) is 22.3. The van der Waals surface area contributed by atoms with Crippen molar-refractivity contribution < 1.29 is 27.5 Å². The Balaban J connectivity index is 1.25. The second-order valence-electron chi connectivity index (χ2n) is 11.6. The summed E-state index contributed by atoms with van der Waals surface area (Å²) in [6.45, 7) is 1.47. The Kier molecular flexibility index (Phi) is 6.40. The molecule has 1 aliphatic heterocycles. The molecule has 0 bridgehead atoms. The Morgan fingerprint density at radius 2 is 1.88 bits per heavy atom. The van der Waals surface area contributed by atoms with E-state index in [4.69, 9.17) is 0 Å². The van der Waals surface area contributed by atoms with Gasteiger partial charge in [0, 0.05) is 18.4 Å². The maximum absolute atomic E-state index is 15.0. The van der Waals surface area contributed by atoms with Crippen molar-refractivity contribution in [1.29, 1.82) is 0 Å². The fourth-order valence-electron chi connectivity index (χ4n) is 6.77. The van der Waals surface area contributed by atoms with Crippen molar-refractivity contribution in [3.05, 3.63) is 88.3 Å². The molecule has 1 N–H and O–H groups in total. The summed E-state index contributed by atoms with van der Waals surface area (Å²) >= 11 is 0. The van der Waals surface area contributed by atoms with E-state index in [0.29, 0.717) is 24.8 Å². The fraction of sp³-hybridized carbons (Fsp3) is 0.419. The second kappa shape index (κ2) is 9.58. The monoisotopic (exact) mass is 553 g/mol. The third-order valence-corrected chi connectivity index (χ3v) is 9.16. The first-order chi connectivity index (χ1) is 19.0. The van der Waals surface area contributed by atoms with Gasteiger partial charge in [-0.15, -0.1) is 0 Å². The molecule has 3 aromatic rings. The number of halogens is 4. The van der Waals surface area contributed by atoms with Crippen molar-refractivity contribution in [2.75, 3.05) is 13.1 Å². The van der Waals surface area contributed by atoms with Gasteiger partial charge in [-0.05, 0) is 86.1 Å². The molecule has 2 aliphatic carbocycles. The van der Waals surface area contributed by atoms with Gasteiger partial charge in [-0.25, -0.2) is 22.2 Å². The van der Waals surface area contributed by atoms with Gasteiger partial charge in [0.05, 0.1) is 35.3 Å². The van der Waals surface area contributed by atoms with Crippen LogP contribution in [0.15, 0.2) is 54.2 Å². The number of alkyl halides is 2. The van der Waals surface area contributed by atoms with E-state index in [-0.39, 0.29) is 43.6 Å². The minimum Gasteiger partial charge on any atom is -0.389 e. The molecule has 6 rings (SSSR count). The van der Waals surface area contributed by atoms with Crippen molar-refractivity contribution >= 4 is 12.0 Å². The molecule has 210 valence electrons. The largest absolute Gasteiger partial charge is 0.389 e. The summed E-state index contributed by atoms with van der Waals surface area (Å²) in [5.41, 5.74) is 2.19. The molecule has 1 saturated carbocycles. The van der Waals surface area contributed by atoms with E-state index in [1.165, 1.54) is 24.3 Å². The van der Waals surface area contributed by atoms with Crippen molar-refractivity contribution in [2.45, 2.75) is 63.4 Å². The van der Waals surface area contributed by atoms with Crippen molar-refractivity contribution in [3.8, 4) is 5.69 Å². The number of amides is 1. The minimum atomic E-state index is -2.99. The smallest absolute Gasteiger partial charge is 0.265 e. The van der Waals surface area contributed by atoms with E-state index in [2.05, 4.69) is 11.2 Å². The average molecular weight is 554 g/mol. The van der Waals surface area contributed by atoms with E-state index < -0.39 is 35.2 Å². The van der Waals surface area contributed by atoms with Crippen LogP contribution < -0.4 is 0 Å². The average Bonchev–Trinajstić information content (AvgIpc) is 3.43. The van der Waals surface area contributed by atoms with Gasteiger partial charge < -0.3 is 10.0 Å². The third kappa shape index (κ3) is 4.44. The molecule has 3 aliphatic rings. The normalized spacial score (nSPS) is 25.4. The number of benzene rings is 2. The molecule has 2 fully saturated rings. The van der Waals surface area contributed by atoms with Crippen LogP contribution in [0.5, 0.6) is 0 Å². The zero-order valence-electron chi connectivity index (χ0n) is 22.3. The van der Waals surface area contributed by atoms with Crippen LogP contribution in [0.2, 0.25) is 0 Å². The van der Waals surface area contributed by atoms with E-state index in [0.717, 1.165) is 27.4 Å². The van der Waals surface area contributed by atoms with Crippen LogP contribution in [0.3, 0.4) is 0 Å². The number of aromatic nitrogens is 2. The lowest BCUT2D eigenvalue weighted by molar-refractivity contribution is -0.0562. The number of fused-ring (bicyclic) bond motifs is 2. The number of piperidine rings is 1. The Morgan fingerprint density at radius 1 is 1.10 bits per heavy atom. The summed E-state index contributed by atoms with van der Waals surface area (Å²) < 4.78 is 58.2. The predicted octanol–water partition coefficient (Wildman–Crippen LogP) is 6.13. The molecule has 2 atom stereocenters. The van der Waals surface area contributed by atoms with Gasteiger partial charge in [-0.1, -0.05) is 24.6 Å². The standard InChI is InChI=1S/C31H31F4N3O2/c1-29-17-21-18-36-38(24-8-6-23(32)7-9-24)26(21)16-22(29)11-14-30(29,40)13-10-20-4-2-5-25(33)27(20)28(39)37-15-3-12-31(34,35)19-37/h2,4-9,16,18,40H,3,10-15,17,19H2,1H3/t29-,30-/m0/s1. The highest BCUT2D eigenvalue weighted by Gasteiger charge is 2.55. The van der Waals surface area contributed by atoms with Gasteiger partial charge in [0.15, 0.2) is 0 Å². The molecule has 1 saturated heterocycles. The molecule has 2 heterocycles. The molecule has 9 heteroatoms. The Labute approximate surface area is 230 Å². The van der Waals surface area contributed by atoms with Crippen molar-refractivity contribution in [1.82, 2.24) is 14.7 Å². The van der Waals surface area contributed by atoms with Crippen LogP contribution in [0.1, 0.15) is 66.2 Å². The number of aliphatic hydroxyl groups is 1. The summed E-state index contributed by atoms with van der Waals surface area (Å²) in [5.74, 6) is -4.78. The van der Waals surface area contributed by atoms with Crippen LogP contribution in [0.25, 0.3) is 11.8 Å². The third-order valence-electron chi connectivity index (χ3n) is 9.16. The van der Waals surface area contributed by atoms with Crippen LogP contribution >= 0.6 is 0 Å². The first-order valence-electron chi connectivity index (χ1n) is 13.7. The van der Waals surface area contributed by atoms with Crippen molar-refractivity contribution in [3.63, 3.8) is 0 Å². The maximum Gasteiger partial charge on any atom is 0.265 e. The summed E-state index contributed by atoms with van der Waals surface area (Å²) in [5, 5.41) is 16.5. The lowest BCUT2D eigenvalue weighted by Crippen LogP contribution is -2.46. The van der Waals surface area contributed by atoms with Crippen LogP contribution in [-0.4, -0.2) is 50.3 Å². The molecule has 0 unspecified atom stereocenters. The highest BCUT2D eigenvalue weighted by molar-refractivity contribution is 5.96. The molecule has 0 radical (unpaired) electrons. The van der Waals surface area contributed by atoms with Crippen molar-refractivity contribution in [2.24, 2.45) is 5.41 Å². The summed E-state index contributed by atoms with van der Waals surface area (Å²) in [6, 6.07) is 10.4. The summed E-state index contributed by atoms with van der Waals surface area (Å²) in [4.78, 5) is 14.3. The minimum absolute atomic E-state index is 0.159. The zero-order chi connectivity index (χ0) is 28.3. The number of rotatable bonds is 5. The molecule has 2 aromatic carbocycles. The Hall–Kier alpha value is -3.46. The molecular formula is C31H31F4N3O2. The van der Waals surface area contributed by atoms with Crippen LogP contribution in [0.4, 0.5) is 17.6 Å². The Morgan fingerprint density at radius 3 is 2.62 bits per heavy atom. The first kappa shape index (κ1) is 26.7. The lowest BCUT2D eigenvalue weighted by Gasteiger charge is -2.42. The Bertz CT molecular complexity index is 1500. The molecule has 0 spiro atoms. The number of carbonyl (C=O) groups excluding carboxylic acids is 1. The highest BCUT2D eigenvalue weighted by Crippen LogP contribution is 2.57. The molecular weight excluding hydrogens is 522 g/mol. The van der Waals surface area contributed by atoms with Gasteiger partial charge >= 0.3 is 0 Å². The quantitative estimate of drug-likeness (QED) is 0.387. The second-order valence-corrected chi connectivity index (χ2v) is 11.6. The van der Waals surface area contributed by atoms with E-state index in [9.17, 15) is 27.5 Å². The molecule has 5 nitrogen and oxygen atoms in total. The van der Waals surface area contributed by atoms with Crippen LogP contribution in [0, 0.1) is 17.0 Å². The first-order valence-corrected chi connectivity index (χ1v) is 13.7. The number of carbonyl (C=O) groups is 1. The van der Waals surface area contributed by atoms with Crippen LogP contribution in [-0.2, 0) is 12.8 Å². The molecule has 40 heavy (non-hydrogen) atoms. The lowest BCUT2D eigenvalue weighted by atomic mass is 9.65. The number of hydrogen-bond acceptors (Lipinski definition) is 3. The van der Waals surface area contributed by atoms with E-state index in [1.807, 2.05) is 6.92 Å². The van der Waals surface area contributed by atoms with Gasteiger partial charge in [0.1, 0.15) is 11.6 Å². The fourth-order valence-corrected chi connectivity index (χ4v) is 6.77. The number of likely N-dealkylation sites (tertiary alicyclic amines) is 1. The van der Waals surface area contributed by atoms with Gasteiger partial charge in [0.2, 0.25) is 0 Å². The van der Waals surface area contributed by atoms with E-state index in [1.54, 1.807) is 29.1 Å². The topological polar surface area (TPSA) is 58.4 Å². The maximum atomic E-state index is 15.0. The van der Waals surface area contributed by atoms with E-state index >= 15 is 0 Å². The summed E-state index contributed by atoms with van der Waals surface area (Å²) in [6.07, 6.45) is 5.92. The van der Waals surface area contributed by atoms with Gasteiger partial charge in [-0.3, -0.25) is 4.79 Å². The number of nitrogens with zero attached hydrogens (tertiary/aromatic N) is 3. The molecule has 1 amide bonds. The van der Waals surface area contributed by atoms with Gasteiger partial charge in [-0.2, -0.15) is 5.10 Å².